The summed E-state index contributed by atoms with van der Waals surface area (Å²) in [6.45, 7) is 3.96. The molecule has 2 heterocycles. The molecule has 11 heteroatoms. The predicted octanol–water partition coefficient (Wildman–Crippen LogP) is 1.60. The van der Waals surface area contributed by atoms with Gasteiger partial charge in [-0.3, -0.25) is 14.3 Å². The van der Waals surface area contributed by atoms with Gasteiger partial charge in [-0.25, -0.2) is 0 Å². The third kappa shape index (κ3) is 6.00. The van der Waals surface area contributed by atoms with Gasteiger partial charge in [0.05, 0.1) is 35.5 Å². The highest BCUT2D eigenvalue weighted by Crippen LogP contribution is 2.29. The van der Waals surface area contributed by atoms with E-state index in [0.717, 1.165) is 16.5 Å². The van der Waals surface area contributed by atoms with Gasteiger partial charge in [0.2, 0.25) is 5.60 Å². The number of fused-ring (bicyclic) bond motifs is 1. The molecular weight excluding hydrogens is 473 g/mol. The largest absolute Gasteiger partial charge is 0.475 e. The average Bonchev–Trinajstić information content (AvgIpc) is 3.46. The Bertz CT molecular complexity index is 1290. The molecular formula is C26H32BN5O5. The molecule has 1 aliphatic rings. The van der Waals surface area contributed by atoms with Crippen molar-refractivity contribution in [3.8, 4) is 0 Å². The second-order valence-corrected chi connectivity index (χ2v) is 9.89. The molecule has 0 fully saturated rings. The van der Waals surface area contributed by atoms with Gasteiger partial charge in [-0.2, -0.15) is 5.10 Å². The molecule has 0 aliphatic carbocycles. The van der Waals surface area contributed by atoms with Crippen LogP contribution in [0.15, 0.2) is 59.9 Å². The lowest BCUT2D eigenvalue weighted by Crippen LogP contribution is -2.56. The number of hydrogen-bond acceptors (Lipinski definition) is 7. The zero-order valence-electron chi connectivity index (χ0n) is 21.2. The second kappa shape index (κ2) is 11.1. The maximum absolute atomic E-state index is 13.5. The van der Waals surface area contributed by atoms with Crippen LogP contribution in [0, 0.1) is 5.92 Å². The Morgan fingerprint density at radius 2 is 1.92 bits per heavy atom. The molecule has 4 rings (SSSR count). The van der Waals surface area contributed by atoms with E-state index in [1.165, 1.54) is 0 Å². The van der Waals surface area contributed by atoms with Crippen LogP contribution in [0.1, 0.15) is 42.6 Å². The van der Waals surface area contributed by atoms with Crippen LogP contribution in [0.2, 0.25) is 0 Å². The quantitative estimate of drug-likeness (QED) is 0.309. The summed E-state index contributed by atoms with van der Waals surface area (Å²) in [6, 6.07) is 14.8. The van der Waals surface area contributed by atoms with E-state index in [9.17, 15) is 19.6 Å². The maximum Gasteiger partial charge on any atom is 0.475 e. The molecule has 0 bridgehead atoms. The molecule has 0 saturated carbocycles. The number of carbonyl (C=O) groups excluding carboxylic acids is 2. The highest BCUT2D eigenvalue weighted by molar-refractivity contribution is 6.43. The number of nitrogens with zero attached hydrogens (tertiary/aromatic N) is 3. The lowest BCUT2D eigenvalue weighted by molar-refractivity contribution is -0.144. The summed E-state index contributed by atoms with van der Waals surface area (Å²) in [5, 5.41) is 34.4. The van der Waals surface area contributed by atoms with Crippen LogP contribution in [-0.4, -0.2) is 62.6 Å². The molecule has 0 spiro atoms. The third-order valence-electron chi connectivity index (χ3n) is 6.48. The Kier molecular flexibility index (Phi) is 7.94. The molecule has 1 aromatic heterocycles. The van der Waals surface area contributed by atoms with Crippen LogP contribution in [0.4, 0.5) is 0 Å². The summed E-state index contributed by atoms with van der Waals surface area (Å²) in [7, 11) is 0.101. The van der Waals surface area contributed by atoms with E-state index >= 15 is 0 Å². The fourth-order valence-electron chi connectivity index (χ4n) is 4.58. The van der Waals surface area contributed by atoms with Crippen molar-refractivity contribution in [2.24, 2.45) is 18.1 Å². The fraction of sp³-hybridized carbons (Fsp3) is 0.385. The summed E-state index contributed by atoms with van der Waals surface area (Å²) in [5.74, 6) is -1.49. The van der Waals surface area contributed by atoms with E-state index in [1.54, 1.807) is 23.0 Å². The van der Waals surface area contributed by atoms with Crippen molar-refractivity contribution in [2.75, 3.05) is 6.54 Å². The van der Waals surface area contributed by atoms with E-state index in [4.69, 9.17) is 4.84 Å². The van der Waals surface area contributed by atoms with Crippen LogP contribution in [0.25, 0.3) is 10.9 Å². The first-order valence-corrected chi connectivity index (χ1v) is 12.3. The van der Waals surface area contributed by atoms with Gasteiger partial charge in [0, 0.05) is 25.3 Å². The summed E-state index contributed by atoms with van der Waals surface area (Å²) in [6.07, 6.45) is 2.40. The van der Waals surface area contributed by atoms with E-state index in [1.807, 2.05) is 57.3 Å². The number of aryl methyl sites for hydroxylation is 1. The van der Waals surface area contributed by atoms with Gasteiger partial charge in [-0.05, 0) is 30.0 Å². The maximum atomic E-state index is 13.5. The van der Waals surface area contributed by atoms with Crippen molar-refractivity contribution in [1.29, 1.82) is 0 Å². The van der Waals surface area contributed by atoms with E-state index in [-0.39, 0.29) is 31.2 Å². The molecule has 10 nitrogen and oxygen atoms in total. The second-order valence-electron chi connectivity index (χ2n) is 9.89. The van der Waals surface area contributed by atoms with Gasteiger partial charge in [0.25, 0.3) is 11.8 Å². The zero-order chi connectivity index (χ0) is 26.6. The minimum absolute atomic E-state index is 0.0946. The summed E-state index contributed by atoms with van der Waals surface area (Å²) >= 11 is 0. The average molecular weight is 505 g/mol. The van der Waals surface area contributed by atoms with Crippen LogP contribution in [0.5, 0.6) is 0 Å². The molecule has 1 unspecified atom stereocenters. The number of rotatable bonds is 10. The normalized spacial score (nSPS) is 17.8. The van der Waals surface area contributed by atoms with Gasteiger partial charge in [0.1, 0.15) is 0 Å². The number of nitrogens with one attached hydrogen (secondary N) is 2. The van der Waals surface area contributed by atoms with Crippen LogP contribution in [0.3, 0.4) is 0 Å². The first-order valence-electron chi connectivity index (χ1n) is 12.3. The molecule has 3 aromatic rings. The van der Waals surface area contributed by atoms with Gasteiger partial charge in [-0.15, -0.1) is 0 Å². The van der Waals surface area contributed by atoms with Crippen molar-refractivity contribution in [2.45, 2.75) is 44.7 Å². The lowest BCUT2D eigenvalue weighted by Gasteiger charge is -2.29. The lowest BCUT2D eigenvalue weighted by atomic mass is 9.74. The van der Waals surface area contributed by atoms with Crippen LogP contribution in [-0.2, 0) is 23.1 Å². The van der Waals surface area contributed by atoms with Gasteiger partial charge >= 0.3 is 7.12 Å². The Morgan fingerprint density at radius 1 is 1.16 bits per heavy atom. The first kappa shape index (κ1) is 26.4. The Hall–Kier alpha value is -3.70. The van der Waals surface area contributed by atoms with Gasteiger partial charge in [-0.1, -0.05) is 55.4 Å². The number of benzene rings is 2. The molecule has 37 heavy (non-hydrogen) atoms. The highest BCUT2D eigenvalue weighted by Gasteiger charge is 2.48. The molecule has 4 N–H and O–H groups in total. The molecule has 2 atom stereocenters. The monoisotopic (exact) mass is 505 g/mol. The molecule has 194 valence electrons. The van der Waals surface area contributed by atoms with Crippen molar-refractivity contribution in [3.05, 3.63) is 65.9 Å². The topological polar surface area (TPSA) is 138 Å². The number of oxime groups is 1. The molecule has 0 radical (unpaired) electrons. The Labute approximate surface area is 215 Å². The molecule has 2 aromatic carbocycles. The third-order valence-corrected chi connectivity index (χ3v) is 6.48. The van der Waals surface area contributed by atoms with Crippen molar-refractivity contribution in [1.82, 2.24) is 20.4 Å². The Morgan fingerprint density at radius 3 is 2.62 bits per heavy atom. The van der Waals surface area contributed by atoms with Crippen molar-refractivity contribution in [3.63, 3.8) is 0 Å². The SMILES string of the molecule is CC(C)C[C@H](NC(=O)C1(Cc2ccccc2)CC(CNC(=O)c2cccc3c2cnn3C)=NO1)B(O)O. The summed E-state index contributed by atoms with van der Waals surface area (Å²) in [4.78, 5) is 32.2. The number of hydrogen-bond donors (Lipinski definition) is 4. The molecule has 0 saturated heterocycles. The van der Waals surface area contributed by atoms with E-state index in [0.29, 0.717) is 17.7 Å². The number of amides is 2. The standard InChI is InChI=1S/C26H32BN5O5/c1-17(2)12-23(27(35)36)30-25(34)26(13-18-8-5-4-6-9-18)14-19(31-37-26)15-28-24(33)20-10-7-11-22-21(20)16-29-32(22)3/h4-11,16-17,23,35-36H,12-15H2,1-3H3,(H,28,33)(H,30,34)/t23-,26?/m0/s1. The molecule has 1 aliphatic heterocycles. The summed E-state index contributed by atoms with van der Waals surface area (Å²) in [5.41, 5.74) is 1.32. The minimum atomic E-state index is -1.71. The first-order chi connectivity index (χ1) is 17.7. The van der Waals surface area contributed by atoms with Crippen LogP contribution >= 0.6 is 0 Å². The summed E-state index contributed by atoms with van der Waals surface area (Å²) < 4.78 is 1.70. The fourth-order valence-corrected chi connectivity index (χ4v) is 4.58. The predicted molar refractivity (Wildman–Crippen MR) is 141 cm³/mol. The number of aromatic nitrogens is 2. The van der Waals surface area contributed by atoms with Crippen LogP contribution < -0.4 is 10.6 Å². The van der Waals surface area contributed by atoms with Gasteiger partial charge < -0.3 is 25.5 Å². The minimum Gasteiger partial charge on any atom is -0.426 e. The highest BCUT2D eigenvalue weighted by atomic mass is 16.7. The Balaban J connectivity index is 1.48. The smallest absolute Gasteiger partial charge is 0.426 e. The van der Waals surface area contributed by atoms with E-state index in [2.05, 4.69) is 20.9 Å². The zero-order valence-corrected chi connectivity index (χ0v) is 21.2. The number of carbonyl (C=O) groups is 2. The molecule has 2 amide bonds. The van der Waals surface area contributed by atoms with Crippen molar-refractivity contribution >= 4 is 35.5 Å². The van der Waals surface area contributed by atoms with E-state index < -0.39 is 24.6 Å². The van der Waals surface area contributed by atoms with Gasteiger partial charge in [0.15, 0.2) is 0 Å². The van der Waals surface area contributed by atoms with Crippen molar-refractivity contribution < 1.29 is 24.5 Å².